The number of carbonyl (C=O) groups excluding carboxylic acids is 1. The lowest BCUT2D eigenvalue weighted by molar-refractivity contribution is 0.0767. The van der Waals surface area contributed by atoms with Gasteiger partial charge in [0.1, 0.15) is 0 Å². The Labute approximate surface area is 134 Å². The molecule has 22 heavy (non-hydrogen) atoms. The van der Waals surface area contributed by atoms with E-state index in [-0.39, 0.29) is 18.2 Å². The van der Waals surface area contributed by atoms with Crippen molar-refractivity contribution in [2.24, 2.45) is 0 Å². The average molecular weight is 335 g/mol. The Kier molecular flexibility index (Phi) is 4.31. The number of rotatable bonds is 2. The number of nitrogens with zero attached hydrogens (tertiary/aromatic N) is 1. The summed E-state index contributed by atoms with van der Waals surface area (Å²) >= 11 is 1.47. The summed E-state index contributed by atoms with van der Waals surface area (Å²) in [6.07, 6.45) is 0.447. The average Bonchev–Trinajstić information content (AvgIpc) is 3.00. The van der Waals surface area contributed by atoms with E-state index in [1.807, 2.05) is 35.7 Å². The fraction of sp³-hybridized carbons (Fsp3) is 0.312. The number of amides is 1. The van der Waals surface area contributed by atoms with Crippen LogP contribution in [0.2, 0.25) is 0 Å². The minimum Gasteiger partial charge on any atom is -0.338 e. The molecule has 2 heterocycles. The number of benzene rings is 1. The summed E-state index contributed by atoms with van der Waals surface area (Å²) in [5.41, 5.74) is 1.45. The first-order valence-corrected chi connectivity index (χ1v) is 9.82. The highest BCUT2D eigenvalue weighted by molar-refractivity contribution is 7.91. The Morgan fingerprint density at radius 3 is 2.59 bits per heavy atom. The summed E-state index contributed by atoms with van der Waals surface area (Å²) in [4.78, 5) is 14.1. The Morgan fingerprint density at radius 1 is 1.14 bits per heavy atom. The van der Waals surface area contributed by atoms with E-state index in [1.54, 1.807) is 16.3 Å². The van der Waals surface area contributed by atoms with E-state index in [0.29, 0.717) is 18.5 Å². The SMILES string of the molecule is O=C(c1ccsc1)N1CCC(c2ccccc2)S(=O)(=O)CC1. The molecule has 116 valence electrons. The van der Waals surface area contributed by atoms with Crippen molar-refractivity contribution in [3.05, 3.63) is 58.3 Å². The molecular formula is C16H17NO3S2. The van der Waals surface area contributed by atoms with Gasteiger partial charge < -0.3 is 4.90 Å². The van der Waals surface area contributed by atoms with Crippen molar-refractivity contribution in [1.29, 1.82) is 0 Å². The number of hydrogen-bond donors (Lipinski definition) is 0. The molecular weight excluding hydrogens is 318 g/mol. The minimum atomic E-state index is -3.24. The molecule has 0 bridgehead atoms. The van der Waals surface area contributed by atoms with E-state index in [2.05, 4.69) is 0 Å². The largest absolute Gasteiger partial charge is 0.338 e. The van der Waals surface area contributed by atoms with Crippen LogP contribution in [0.3, 0.4) is 0 Å². The summed E-state index contributed by atoms with van der Waals surface area (Å²) in [6, 6.07) is 11.0. The van der Waals surface area contributed by atoms with Crippen molar-refractivity contribution in [3.8, 4) is 0 Å². The molecule has 1 atom stereocenters. The predicted octanol–water partition coefficient (Wildman–Crippen LogP) is 2.75. The second-order valence-corrected chi connectivity index (χ2v) is 8.44. The highest BCUT2D eigenvalue weighted by Crippen LogP contribution is 2.29. The van der Waals surface area contributed by atoms with Gasteiger partial charge in [-0.2, -0.15) is 11.3 Å². The molecule has 6 heteroatoms. The Bertz CT molecular complexity index is 739. The second kappa shape index (κ2) is 6.22. The summed E-state index contributed by atoms with van der Waals surface area (Å²) < 4.78 is 25.0. The van der Waals surface area contributed by atoms with Crippen molar-refractivity contribution in [2.75, 3.05) is 18.8 Å². The first kappa shape index (κ1) is 15.2. The van der Waals surface area contributed by atoms with Crippen LogP contribution in [0.25, 0.3) is 0 Å². The van der Waals surface area contributed by atoms with Gasteiger partial charge in [0.2, 0.25) is 0 Å². The standard InChI is InChI=1S/C16H17NO3S2/c18-16(14-7-10-21-12-14)17-8-6-15(22(19,20)11-9-17)13-4-2-1-3-5-13/h1-5,7,10,12,15H,6,8-9,11H2. The van der Waals surface area contributed by atoms with Crippen LogP contribution in [0.1, 0.15) is 27.6 Å². The Hall–Kier alpha value is -1.66. The molecule has 0 N–H and O–H groups in total. The molecule has 1 aromatic carbocycles. The lowest BCUT2D eigenvalue weighted by Crippen LogP contribution is -2.33. The molecule has 1 saturated heterocycles. The van der Waals surface area contributed by atoms with Crippen LogP contribution < -0.4 is 0 Å². The van der Waals surface area contributed by atoms with Crippen LogP contribution in [0.15, 0.2) is 47.2 Å². The number of carbonyl (C=O) groups is 1. The Balaban J connectivity index is 1.82. The third-order valence-corrected chi connectivity index (χ3v) is 6.78. The van der Waals surface area contributed by atoms with Crippen molar-refractivity contribution >= 4 is 27.1 Å². The number of thiophene rings is 1. The maximum Gasteiger partial charge on any atom is 0.254 e. The van der Waals surface area contributed by atoms with E-state index in [4.69, 9.17) is 0 Å². The topological polar surface area (TPSA) is 54.5 Å². The lowest BCUT2D eigenvalue weighted by atomic mass is 10.1. The fourth-order valence-corrected chi connectivity index (χ4v) is 5.18. The third kappa shape index (κ3) is 3.08. The monoisotopic (exact) mass is 335 g/mol. The zero-order valence-corrected chi connectivity index (χ0v) is 13.6. The van der Waals surface area contributed by atoms with Gasteiger partial charge in [-0.15, -0.1) is 0 Å². The third-order valence-electron chi connectivity index (χ3n) is 3.97. The molecule has 1 aromatic heterocycles. The summed E-state index contributed by atoms with van der Waals surface area (Å²) in [5.74, 6) is -0.0622. The smallest absolute Gasteiger partial charge is 0.254 e. The van der Waals surface area contributed by atoms with Crippen molar-refractivity contribution in [3.63, 3.8) is 0 Å². The number of hydrogen-bond acceptors (Lipinski definition) is 4. The fourth-order valence-electron chi connectivity index (χ4n) is 2.76. The van der Waals surface area contributed by atoms with Crippen LogP contribution in [0, 0.1) is 0 Å². The van der Waals surface area contributed by atoms with Gasteiger partial charge in [-0.1, -0.05) is 30.3 Å². The van der Waals surface area contributed by atoms with Crippen LogP contribution in [0.5, 0.6) is 0 Å². The van der Waals surface area contributed by atoms with E-state index < -0.39 is 15.1 Å². The van der Waals surface area contributed by atoms with E-state index in [0.717, 1.165) is 5.56 Å². The van der Waals surface area contributed by atoms with Gasteiger partial charge in [0.05, 0.1) is 16.6 Å². The summed E-state index contributed by atoms with van der Waals surface area (Å²) in [6.45, 7) is 0.730. The molecule has 1 unspecified atom stereocenters. The number of sulfone groups is 1. The molecule has 1 fully saturated rings. The van der Waals surface area contributed by atoms with Crippen LogP contribution in [-0.4, -0.2) is 38.1 Å². The maximum absolute atomic E-state index is 12.5. The molecule has 3 rings (SSSR count). The van der Waals surface area contributed by atoms with Crippen molar-refractivity contribution in [2.45, 2.75) is 11.7 Å². The molecule has 1 aliphatic heterocycles. The molecule has 0 spiro atoms. The van der Waals surface area contributed by atoms with Gasteiger partial charge in [-0.05, 0) is 23.4 Å². The van der Waals surface area contributed by atoms with E-state index in [1.165, 1.54) is 11.3 Å². The molecule has 4 nitrogen and oxygen atoms in total. The highest BCUT2D eigenvalue weighted by atomic mass is 32.2. The Morgan fingerprint density at radius 2 is 1.91 bits per heavy atom. The summed E-state index contributed by atoms with van der Waals surface area (Å²) in [7, 11) is -3.24. The zero-order chi connectivity index (χ0) is 15.6. The molecule has 2 aromatic rings. The second-order valence-electron chi connectivity index (χ2n) is 5.36. The van der Waals surface area contributed by atoms with Gasteiger partial charge in [0, 0.05) is 18.5 Å². The van der Waals surface area contributed by atoms with E-state index in [9.17, 15) is 13.2 Å². The van der Waals surface area contributed by atoms with Crippen molar-refractivity contribution < 1.29 is 13.2 Å². The molecule has 0 aliphatic carbocycles. The predicted molar refractivity (Wildman–Crippen MR) is 87.8 cm³/mol. The van der Waals surface area contributed by atoms with Gasteiger partial charge in [-0.3, -0.25) is 4.79 Å². The summed E-state index contributed by atoms with van der Waals surface area (Å²) in [5, 5.41) is 3.14. The van der Waals surface area contributed by atoms with Crippen molar-refractivity contribution in [1.82, 2.24) is 4.90 Å². The van der Waals surface area contributed by atoms with Gasteiger partial charge in [0.15, 0.2) is 9.84 Å². The lowest BCUT2D eigenvalue weighted by Gasteiger charge is -2.19. The van der Waals surface area contributed by atoms with Crippen LogP contribution >= 0.6 is 11.3 Å². The van der Waals surface area contributed by atoms with Crippen LogP contribution in [-0.2, 0) is 9.84 Å². The van der Waals surface area contributed by atoms with Crippen LogP contribution in [0.4, 0.5) is 0 Å². The molecule has 0 radical (unpaired) electrons. The van der Waals surface area contributed by atoms with Gasteiger partial charge in [0.25, 0.3) is 5.91 Å². The molecule has 1 amide bonds. The molecule has 0 saturated carbocycles. The van der Waals surface area contributed by atoms with Gasteiger partial charge in [-0.25, -0.2) is 8.42 Å². The van der Waals surface area contributed by atoms with E-state index >= 15 is 0 Å². The highest BCUT2D eigenvalue weighted by Gasteiger charge is 2.32. The zero-order valence-electron chi connectivity index (χ0n) is 12.0. The van der Waals surface area contributed by atoms with Gasteiger partial charge >= 0.3 is 0 Å². The quantitative estimate of drug-likeness (QED) is 0.848. The molecule has 1 aliphatic rings. The first-order valence-electron chi connectivity index (χ1n) is 7.16. The minimum absolute atomic E-state index is 0.0163. The normalized spacial score (nSPS) is 21.3. The maximum atomic E-state index is 12.5. The first-order chi connectivity index (χ1) is 10.6.